The van der Waals surface area contributed by atoms with Gasteiger partial charge in [-0.05, 0) is 23.3 Å². The normalized spacial score (nSPS) is 17.0. The molecule has 0 aliphatic carbocycles. The highest BCUT2D eigenvalue weighted by atomic mass is 32.2. The summed E-state index contributed by atoms with van der Waals surface area (Å²) in [6, 6.07) is 19.8. The minimum absolute atomic E-state index is 0.0598. The second kappa shape index (κ2) is 7.91. The molecule has 0 aromatic heterocycles. The Kier molecular flexibility index (Phi) is 5.42. The van der Waals surface area contributed by atoms with Crippen LogP contribution in [0.25, 0.3) is 0 Å². The molecule has 2 aromatic carbocycles. The van der Waals surface area contributed by atoms with Crippen LogP contribution in [0.2, 0.25) is 0 Å². The lowest BCUT2D eigenvalue weighted by Gasteiger charge is -2.25. The molecule has 126 valence electrons. The quantitative estimate of drug-likeness (QED) is 0.886. The van der Waals surface area contributed by atoms with Crippen LogP contribution in [0, 0.1) is 11.3 Å². The molecule has 1 aliphatic heterocycles. The average molecular weight is 350 g/mol. The number of hydrogen-bond donors (Lipinski definition) is 1. The predicted octanol–water partition coefficient (Wildman–Crippen LogP) is 3.97. The molecule has 1 aliphatic rings. The number of amides is 1. The molecule has 1 amide bonds. The maximum atomic E-state index is 12.2. The topological polar surface area (TPSA) is 62.1 Å². The predicted molar refractivity (Wildman–Crippen MR) is 98.9 cm³/mol. The van der Waals surface area contributed by atoms with Crippen molar-refractivity contribution in [2.75, 3.05) is 7.11 Å². The Bertz CT molecular complexity index is 823. The van der Waals surface area contributed by atoms with E-state index in [1.807, 2.05) is 54.6 Å². The summed E-state index contributed by atoms with van der Waals surface area (Å²) in [6.07, 6.45) is 0.282. The van der Waals surface area contributed by atoms with E-state index in [0.717, 1.165) is 16.9 Å². The maximum Gasteiger partial charge on any atom is 0.225 e. The maximum absolute atomic E-state index is 12.2. The number of benzene rings is 2. The summed E-state index contributed by atoms with van der Waals surface area (Å²) >= 11 is 1.49. The van der Waals surface area contributed by atoms with E-state index in [1.165, 1.54) is 11.8 Å². The Morgan fingerprint density at radius 2 is 1.92 bits per heavy atom. The fourth-order valence-corrected chi connectivity index (χ4v) is 3.82. The third kappa shape index (κ3) is 4.04. The van der Waals surface area contributed by atoms with Gasteiger partial charge >= 0.3 is 0 Å². The number of allylic oxidation sites excluding steroid dienone is 1. The number of nitrogens with zero attached hydrogens (tertiary/aromatic N) is 1. The number of hydrogen-bond acceptors (Lipinski definition) is 4. The van der Waals surface area contributed by atoms with Gasteiger partial charge in [0.15, 0.2) is 0 Å². The minimum atomic E-state index is -0.220. The van der Waals surface area contributed by atoms with Gasteiger partial charge in [-0.3, -0.25) is 4.79 Å². The summed E-state index contributed by atoms with van der Waals surface area (Å²) in [4.78, 5) is 12.2. The summed E-state index contributed by atoms with van der Waals surface area (Å²) in [5, 5.41) is 13.2. The number of rotatable bonds is 5. The van der Waals surface area contributed by atoms with Crippen molar-refractivity contribution in [2.24, 2.45) is 0 Å². The van der Waals surface area contributed by atoms with Crippen molar-refractivity contribution in [3.8, 4) is 11.8 Å². The van der Waals surface area contributed by atoms with E-state index in [2.05, 4.69) is 11.4 Å². The van der Waals surface area contributed by atoms with Gasteiger partial charge < -0.3 is 10.1 Å². The molecule has 4 nitrogen and oxygen atoms in total. The second-order valence-corrected chi connectivity index (χ2v) is 6.69. The fraction of sp³-hybridized carbons (Fsp3) is 0.200. The number of nitrogens with one attached hydrogen (secondary N) is 1. The summed E-state index contributed by atoms with van der Waals surface area (Å²) < 4.78 is 5.18. The lowest BCUT2D eigenvalue weighted by molar-refractivity contribution is -0.120. The van der Waals surface area contributed by atoms with Gasteiger partial charge in [-0.15, -0.1) is 11.8 Å². The highest BCUT2D eigenvalue weighted by Crippen LogP contribution is 2.37. The number of methoxy groups -OCH3 is 1. The molecule has 0 bridgehead atoms. The van der Waals surface area contributed by atoms with Crippen molar-refractivity contribution in [1.82, 2.24) is 5.32 Å². The van der Waals surface area contributed by atoms with Crippen molar-refractivity contribution >= 4 is 17.7 Å². The molecule has 5 heteroatoms. The van der Waals surface area contributed by atoms with E-state index in [4.69, 9.17) is 4.74 Å². The van der Waals surface area contributed by atoms with E-state index in [0.29, 0.717) is 16.4 Å². The minimum Gasteiger partial charge on any atom is -0.497 e. The molecule has 25 heavy (non-hydrogen) atoms. The molecule has 0 unspecified atom stereocenters. The molecule has 0 saturated heterocycles. The first-order chi connectivity index (χ1) is 12.2. The third-order valence-electron chi connectivity index (χ3n) is 4.10. The summed E-state index contributed by atoms with van der Waals surface area (Å²) in [6.45, 7) is 0. The monoisotopic (exact) mass is 350 g/mol. The van der Waals surface area contributed by atoms with Gasteiger partial charge in [-0.25, -0.2) is 0 Å². The zero-order valence-electron chi connectivity index (χ0n) is 13.9. The summed E-state index contributed by atoms with van der Waals surface area (Å²) in [5.74, 6) is 1.18. The van der Waals surface area contributed by atoms with E-state index in [-0.39, 0.29) is 18.2 Å². The Labute approximate surface area is 151 Å². The van der Waals surface area contributed by atoms with E-state index < -0.39 is 0 Å². The molecular weight excluding hydrogens is 332 g/mol. The van der Waals surface area contributed by atoms with E-state index in [9.17, 15) is 10.1 Å². The molecule has 1 N–H and O–H groups in total. The SMILES string of the molecule is COc1ccc([C@H]2CC(=O)NC(SCc3ccccc3)=C2C#N)cc1. The van der Waals surface area contributed by atoms with Crippen molar-refractivity contribution < 1.29 is 9.53 Å². The van der Waals surface area contributed by atoms with Gasteiger partial charge in [0.1, 0.15) is 5.75 Å². The van der Waals surface area contributed by atoms with Crippen LogP contribution in [0.1, 0.15) is 23.5 Å². The van der Waals surface area contributed by atoms with Gasteiger partial charge in [-0.1, -0.05) is 42.5 Å². The van der Waals surface area contributed by atoms with Gasteiger partial charge in [0.2, 0.25) is 5.91 Å². The first kappa shape index (κ1) is 17.1. The molecule has 0 fully saturated rings. The van der Waals surface area contributed by atoms with E-state index in [1.54, 1.807) is 7.11 Å². The summed E-state index contributed by atoms with van der Waals surface area (Å²) in [5.41, 5.74) is 2.72. The van der Waals surface area contributed by atoms with Crippen molar-refractivity contribution in [1.29, 1.82) is 5.26 Å². The van der Waals surface area contributed by atoms with Crippen molar-refractivity contribution in [3.05, 3.63) is 76.3 Å². The Hall–Kier alpha value is -2.71. The number of thioether (sulfide) groups is 1. The smallest absolute Gasteiger partial charge is 0.225 e. The van der Waals surface area contributed by atoms with Crippen LogP contribution in [0.4, 0.5) is 0 Å². The molecule has 0 radical (unpaired) electrons. The molecule has 1 heterocycles. The van der Waals surface area contributed by atoms with Gasteiger partial charge in [0, 0.05) is 18.1 Å². The van der Waals surface area contributed by atoms with Gasteiger partial charge in [0.25, 0.3) is 0 Å². The van der Waals surface area contributed by atoms with Crippen LogP contribution >= 0.6 is 11.8 Å². The Morgan fingerprint density at radius 1 is 1.20 bits per heavy atom. The first-order valence-corrected chi connectivity index (χ1v) is 8.94. The number of ether oxygens (including phenoxy) is 1. The van der Waals surface area contributed by atoms with Crippen LogP contribution in [-0.4, -0.2) is 13.0 Å². The van der Waals surface area contributed by atoms with Gasteiger partial charge in [0.05, 0.1) is 23.8 Å². The van der Waals surface area contributed by atoms with Crippen LogP contribution < -0.4 is 10.1 Å². The number of carbonyl (C=O) groups excluding carboxylic acids is 1. The van der Waals surface area contributed by atoms with Crippen LogP contribution in [-0.2, 0) is 10.5 Å². The molecule has 0 spiro atoms. The number of nitriles is 1. The van der Waals surface area contributed by atoms with Gasteiger partial charge in [-0.2, -0.15) is 5.26 Å². The molecule has 3 rings (SSSR count). The number of carbonyl (C=O) groups is 1. The average Bonchev–Trinajstić information content (AvgIpc) is 2.66. The highest BCUT2D eigenvalue weighted by Gasteiger charge is 2.29. The Morgan fingerprint density at radius 3 is 2.56 bits per heavy atom. The Balaban J connectivity index is 1.87. The fourth-order valence-electron chi connectivity index (χ4n) is 2.78. The molecule has 2 aromatic rings. The molecular formula is C20H18N2O2S. The van der Waals surface area contributed by atoms with Crippen molar-refractivity contribution in [2.45, 2.75) is 18.1 Å². The van der Waals surface area contributed by atoms with Crippen LogP contribution in [0.5, 0.6) is 5.75 Å². The standard InChI is InChI=1S/C20H18N2O2S/c1-24-16-9-7-15(8-10-16)17-11-19(23)22-20(18(17)12-21)25-13-14-5-3-2-4-6-14/h2-10,17H,11,13H2,1H3,(H,22,23)/t17-/m1/s1. The largest absolute Gasteiger partial charge is 0.497 e. The zero-order chi connectivity index (χ0) is 17.6. The van der Waals surface area contributed by atoms with Crippen molar-refractivity contribution in [3.63, 3.8) is 0 Å². The highest BCUT2D eigenvalue weighted by molar-refractivity contribution is 8.02. The lowest BCUT2D eigenvalue weighted by Crippen LogP contribution is -2.30. The third-order valence-corrected chi connectivity index (χ3v) is 5.19. The molecule has 0 saturated carbocycles. The van der Waals surface area contributed by atoms with Crippen LogP contribution in [0.15, 0.2) is 65.2 Å². The first-order valence-electron chi connectivity index (χ1n) is 7.96. The summed E-state index contributed by atoms with van der Waals surface area (Å²) in [7, 11) is 1.61. The second-order valence-electron chi connectivity index (χ2n) is 5.71. The van der Waals surface area contributed by atoms with E-state index >= 15 is 0 Å². The van der Waals surface area contributed by atoms with Crippen LogP contribution in [0.3, 0.4) is 0 Å². The molecule has 1 atom stereocenters. The lowest BCUT2D eigenvalue weighted by atomic mass is 9.87. The zero-order valence-corrected chi connectivity index (χ0v) is 14.7.